The zero-order valence-electron chi connectivity index (χ0n) is 8.65. The van der Waals surface area contributed by atoms with Crippen molar-refractivity contribution in [3.8, 4) is 5.82 Å². The standard InChI is InChI=1S/C10H9F3N4/c11-10(12,13)7-1-2-15-8(5-7)17-4-3-16-9(17)6-14/h1-5H,6,14H2. The molecule has 0 saturated carbocycles. The van der Waals surface area contributed by atoms with Crippen LogP contribution in [0.2, 0.25) is 0 Å². The fraction of sp³-hybridized carbons (Fsp3) is 0.200. The molecule has 0 aliphatic heterocycles. The van der Waals surface area contributed by atoms with Crippen molar-refractivity contribution in [1.29, 1.82) is 0 Å². The average molecular weight is 242 g/mol. The molecule has 0 amide bonds. The highest BCUT2D eigenvalue weighted by Gasteiger charge is 2.30. The molecule has 0 atom stereocenters. The van der Waals surface area contributed by atoms with Crippen molar-refractivity contribution < 1.29 is 13.2 Å². The predicted octanol–water partition coefficient (Wildman–Crippen LogP) is 1.74. The second-order valence-corrected chi connectivity index (χ2v) is 3.32. The van der Waals surface area contributed by atoms with Crippen LogP contribution in [0.1, 0.15) is 11.4 Å². The van der Waals surface area contributed by atoms with Gasteiger partial charge in [0.2, 0.25) is 0 Å². The van der Waals surface area contributed by atoms with Gasteiger partial charge in [-0.15, -0.1) is 0 Å². The van der Waals surface area contributed by atoms with E-state index in [-0.39, 0.29) is 12.4 Å². The number of halogens is 3. The van der Waals surface area contributed by atoms with Crippen LogP contribution in [-0.4, -0.2) is 14.5 Å². The third-order valence-corrected chi connectivity index (χ3v) is 2.22. The number of imidazole rings is 1. The lowest BCUT2D eigenvalue weighted by Crippen LogP contribution is -2.10. The van der Waals surface area contributed by atoms with Gasteiger partial charge in [0.05, 0.1) is 12.1 Å². The van der Waals surface area contributed by atoms with Crippen molar-refractivity contribution in [2.75, 3.05) is 0 Å². The first-order chi connectivity index (χ1) is 8.02. The Morgan fingerprint density at radius 3 is 2.65 bits per heavy atom. The molecule has 0 fully saturated rings. The summed E-state index contributed by atoms with van der Waals surface area (Å²) in [5.74, 6) is 0.606. The third kappa shape index (κ3) is 2.28. The Balaban J connectivity index is 2.47. The first-order valence-corrected chi connectivity index (χ1v) is 4.78. The van der Waals surface area contributed by atoms with E-state index in [4.69, 9.17) is 5.73 Å². The molecule has 2 rings (SSSR count). The number of aromatic nitrogens is 3. The third-order valence-electron chi connectivity index (χ3n) is 2.22. The van der Waals surface area contributed by atoms with Crippen LogP contribution in [0, 0.1) is 0 Å². The Morgan fingerprint density at radius 1 is 1.24 bits per heavy atom. The molecule has 0 aliphatic carbocycles. The van der Waals surface area contributed by atoms with Gasteiger partial charge in [0.15, 0.2) is 0 Å². The van der Waals surface area contributed by atoms with E-state index in [9.17, 15) is 13.2 Å². The van der Waals surface area contributed by atoms with E-state index in [0.717, 1.165) is 18.3 Å². The van der Waals surface area contributed by atoms with E-state index in [2.05, 4.69) is 9.97 Å². The van der Waals surface area contributed by atoms with Crippen LogP contribution >= 0.6 is 0 Å². The van der Waals surface area contributed by atoms with Gasteiger partial charge in [-0.3, -0.25) is 4.57 Å². The van der Waals surface area contributed by atoms with Gasteiger partial charge in [-0.1, -0.05) is 0 Å². The van der Waals surface area contributed by atoms with Crippen LogP contribution in [0.4, 0.5) is 13.2 Å². The normalized spacial score (nSPS) is 11.8. The molecule has 17 heavy (non-hydrogen) atoms. The van der Waals surface area contributed by atoms with Gasteiger partial charge in [-0.2, -0.15) is 13.2 Å². The van der Waals surface area contributed by atoms with Crippen LogP contribution in [0.15, 0.2) is 30.7 Å². The van der Waals surface area contributed by atoms with Crippen molar-refractivity contribution in [1.82, 2.24) is 14.5 Å². The molecule has 90 valence electrons. The molecule has 0 aliphatic rings. The molecule has 7 heteroatoms. The molecule has 4 nitrogen and oxygen atoms in total. The smallest absolute Gasteiger partial charge is 0.324 e. The molecule has 2 aromatic heterocycles. The van der Waals surface area contributed by atoms with E-state index in [0.29, 0.717) is 5.82 Å². The molecular formula is C10H9F3N4. The monoisotopic (exact) mass is 242 g/mol. The Bertz CT molecular complexity index is 518. The lowest BCUT2D eigenvalue weighted by molar-refractivity contribution is -0.137. The van der Waals surface area contributed by atoms with Crippen molar-refractivity contribution in [2.24, 2.45) is 5.73 Å². The first-order valence-electron chi connectivity index (χ1n) is 4.78. The molecule has 0 bridgehead atoms. The van der Waals surface area contributed by atoms with Gasteiger partial charge >= 0.3 is 6.18 Å². The topological polar surface area (TPSA) is 56.7 Å². The van der Waals surface area contributed by atoms with E-state index in [1.807, 2.05) is 0 Å². The Hall–Kier alpha value is -1.89. The summed E-state index contributed by atoms with van der Waals surface area (Å²) in [6.07, 6.45) is -0.297. The number of nitrogens with zero attached hydrogens (tertiary/aromatic N) is 3. The number of nitrogens with two attached hydrogens (primary N) is 1. The summed E-state index contributed by atoms with van der Waals surface area (Å²) in [5.41, 5.74) is 4.67. The zero-order chi connectivity index (χ0) is 12.5. The highest BCUT2D eigenvalue weighted by atomic mass is 19.4. The molecule has 0 unspecified atom stereocenters. The average Bonchev–Trinajstić information content (AvgIpc) is 2.76. The van der Waals surface area contributed by atoms with Gasteiger partial charge < -0.3 is 5.73 Å². The number of pyridine rings is 1. The maximum Gasteiger partial charge on any atom is 0.416 e. The summed E-state index contributed by atoms with van der Waals surface area (Å²) < 4.78 is 39.0. The summed E-state index contributed by atoms with van der Waals surface area (Å²) in [6, 6.07) is 1.88. The molecule has 0 aromatic carbocycles. The molecule has 2 N–H and O–H groups in total. The van der Waals surface area contributed by atoms with Gasteiger partial charge in [0.25, 0.3) is 0 Å². The molecule has 0 radical (unpaired) electrons. The summed E-state index contributed by atoms with van der Waals surface area (Å²) in [5, 5.41) is 0. The fourth-order valence-electron chi connectivity index (χ4n) is 1.42. The molecule has 2 heterocycles. The van der Waals surface area contributed by atoms with Crippen LogP contribution in [-0.2, 0) is 12.7 Å². The summed E-state index contributed by atoms with van der Waals surface area (Å²) in [6.45, 7) is 0.130. The van der Waals surface area contributed by atoms with E-state index in [1.165, 1.54) is 17.0 Å². The van der Waals surface area contributed by atoms with Crippen molar-refractivity contribution >= 4 is 0 Å². The Labute approximate surface area is 94.9 Å². The highest BCUT2D eigenvalue weighted by Crippen LogP contribution is 2.29. The molecular weight excluding hydrogens is 233 g/mol. The number of hydrogen-bond acceptors (Lipinski definition) is 3. The van der Waals surface area contributed by atoms with Gasteiger partial charge in [-0.05, 0) is 12.1 Å². The minimum atomic E-state index is -4.39. The van der Waals surface area contributed by atoms with Crippen LogP contribution in [0.3, 0.4) is 0 Å². The molecule has 2 aromatic rings. The predicted molar refractivity (Wildman–Crippen MR) is 54.3 cm³/mol. The second kappa shape index (κ2) is 4.17. The first kappa shape index (κ1) is 11.6. The summed E-state index contributed by atoms with van der Waals surface area (Å²) in [4.78, 5) is 7.79. The number of alkyl halides is 3. The minimum absolute atomic E-state index is 0.130. The summed E-state index contributed by atoms with van der Waals surface area (Å²) in [7, 11) is 0. The van der Waals surface area contributed by atoms with Gasteiger partial charge in [-0.25, -0.2) is 9.97 Å². The molecule has 0 saturated heterocycles. The van der Waals surface area contributed by atoms with Crippen LogP contribution in [0.25, 0.3) is 5.82 Å². The van der Waals surface area contributed by atoms with E-state index < -0.39 is 11.7 Å². The Kier molecular flexibility index (Phi) is 2.84. The quantitative estimate of drug-likeness (QED) is 0.872. The minimum Gasteiger partial charge on any atom is -0.324 e. The van der Waals surface area contributed by atoms with Crippen LogP contribution in [0.5, 0.6) is 0 Å². The maximum absolute atomic E-state index is 12.5. The van der Waals surface area contributed by atoms with E-state index in [1.54, 1.807) is 0 Å². The highest BCUT2D eigenvalue weighted by molar-refractivity contribution is 5.30. The Morgan fingerprint density at radius 2 is 2.00 bits per heavy atom. The maximum atomic E-state index is 12.5. The summed E-state index contributed by atoms with van der Waals surface area (Å²) >= 11 is 0. The fourth-order valence-corrected chi connectivity index (χ4v) is 1.42. The van der Waals surface area contributed by atoms with Crippen molar-refractivity contribution in [3.05, 3.63) is 42.1 Å². The lowest BCUT2D eigenvalue weighted by atomic mass is 10.2. The van der Waals surface area contributed by atoms with Crippen molar-refractivity contribution in [3.63, 3.8) is 0 Å². The molecule has 0 spiro atoms. The zero-order valence-corrected chi connectivity index (χ0v) is 8.65. The lowest BCUT2D eigenvalue weighted by Gasteiger charge is -2.09. The van der Waals surface area contributed by atoms with Gasteiger partial charge in [0, 0.05) is 18.6 Å². The van der Waals surface area contributed by atoms with Gasteiger partial charge in [0.1, 0.15) is 11.6 Å². The number of hydrogen-bond donors (Lipinski definition) is 1. The largest absolute Gasteiger partial charge is 0.416 e. The number of rotatable bonds is 2. The van der Waals surface area contributed by atoms with Crippen molar-refractivity contribution in [2.45, 2.75) is 12.7 Å². The second-order valence-electron chi connectivity index (χ2n) is 3.32. The van der Waals surface area contributed by atoms with E-state index >= 15 is 0 Å². The van der Waals surface area contributed by atoms with Crippen LogP contribution < -0.4 is 5.73 Å². The SMILES string of the molecule is NCc1nccn1-c1cc(C(F)(F)F)ccn1.